The molecule has 0 unspecified atom stereocenters. The Hall–Kier alpha value is -1.01. The van der Waals surface area contributed by atoms with Gasteiger partial charge in [0.1, 0.15) is 13.1 Å². The van der Waals surface area contributed by atoms with Crippen LogP contribution < -0.4 is 0 Å². The van der Waals surface area contributed by atoms with Gasteiger partial charge in [-0.05, 0) is 37.5 Å². The van der Waals surface area contributed by atoms with Gasteiger partial charge in [0.05, 0.1) is 18.8 Å². The molecule has 0 fully saturated rings. The fourth-order valence-electron chi connectivity index (χ4n) is 2.48. The molecule has 0 aromatic carbocycles. The van der Waals surface area contributed by atoms with Gasteiger partial charge in [0.25, 0.3) is 10.1 Å². The molecule has 0 atom stereocenters. The molecule has 0 saturated carbocycles. The Kier molecular flexibility index (Phi) is 10.2. The molecule has 0 aliphatic rings. The summed E-state index contributed by atoms with van der Waals surface area (Å²) < 4.78 is 30.9. The molecule has 0 aromatic rings. The van der Waals surface area contributed by atoms with E-state index in [1.165, 1.54) is 12.8 Å². The Morgan fingerprint density at radius 2 is 1.48 bits per heavy atom. The van der Waals surface area contributed by atoms with Gasteiger partial charge in [-0.15, -0.1) is 12.8 Å². The Labute approximate surface area is 130 Å². The van der Waals surface area contributed by atoms with Crippen molar-refractivity contribution in [3.63, 3.8) is 0 Å². The summed E-state index contributed by atoms with van der Waals surface area (Å²) in [4.78, 5) is 0. The molecule has 5 heteroatoms. The molecule has 0 bridgehead atoms. The summed E-state index contributed by atoms with van der Waals surface area (Å²) in [7, 11) is -3.88. The zero-order chi connectivity index (χ0) is 16.2. The molecular formula is C16H28NO3S+. The number of nitrogens with zero attached hydrogens (tertiary/aromatic N) is 1. The zero-order valence-corrected chi connectivity index (χ0v) is 13.9. The first kappa shape index (κ1) is 20.0. The Morgan fingerprint density at radius 3 is 1.90 bits per heavy atom. The topological polar surface area (TPSA) is 54.4 Å². The first-order chi connectivity index (χ1) is 9.89. The van der Waals surface area contributed by atoms with E-state index in [0.717, 1.165) is 25.9 Å². The lowest BCUT2D eigenvalue weighted by Crippen LogP contribution is -2.50. The fraction of sp³-hybridized carbons (Fsp3) is 0.750. The molecular weight excluding hydrogens is 286 g/mol. The minimum absolute atomic E-state index is 0.199. The predicted octanol–water partition coefficient (Wildman–Crippen LogP) is 2.32. The highest BCUT2D eigenvalue weighted by Gasteiger charge is 2.24. The van der Waals surface area contributed by atoms with E-state index < -0.39 is 10.1 Å². The van der Waals surface area contributed by atoms with Crippen molar-refractivity contribution in [2.75, 3.05) is 31.9 Å². The summed E-state index contributed by atoms with van der Waals surface area (Å²) in [6.07, 6.45) is 16.7. The molecule has 0 heterocycles. The summed E-state index contributed by atoms with van der Waals surface area (Å²) >= 11 is 0. The molecule has 0 aliphatic heterocycles. The maximum atomic E-state index is 10.7. The first-order valence-corrected chi connectivity index (χ1v) is 9.17. The molecule has 4 nitrogen and oxygen atoms in total. The summed E-state index contributed by atoms with van der Waals surface area (Å²) in [6.45, 7) is 5.00. The lowest BCUT2D eigenvalue weighted by atomic mass is 10.1. The molecule has 0 aliphatic carbocycles. The number of hydrogen-bond acceptors (Lipinski definition) is 2. The van der Waals surface area contributed by atoms with Gasteiger partial charge >= 0.3 is 0 Å². The van der Waals surface area contributed by atoms with Gasteiger partial charge in [-0.25, -0.2) is 0 Å². The highest BCUT2D eigenvalue weighted by atomic mass is 32.2. The molecule has 21 heavy (non-hydrogen) atoms. The van der Waals surface area contributed by atoms with Gasteiger partial charge in [-0.2, -0.15) is 8.42 Å². The average Bonchev–Trinajstić information content (AvgIpc) is 2.39. The van der Waals surface area contributed by atoms with Gasteiger partial charge in [0.2, 0.25) is 0 Å². The normalized spacial score (nSPS) is 11.8. The van der Waals surface area contributed by atoms with E-state index in [9.17, 15) is 8.42 Å². The molecule has 0 radical (unpaired) electrons. The molecule has 0 amide bonds. The second-order valence-electron chi connectivity index (χ2n) is 5.57. The molecule has 0 rings (SSSR count). The number of unbranched alkanes of at least 4 members (excludes halogenated alkanes) is 4. The van der Waals surface area contributed by atoms with Gasteiger partial charge in [-0.3, -0.25) is 4.55 Å². The lowest BCUT2D eigenvalue weighted by molar-refractivity contribution is -0.915. The van der Waals surface area contributed by atoms with Gasteiger partial charge in [-0.1, -0.05) is 19.8 Å². The second-order valence-corrected chi connectivity index (χ2v) is 7.14. The average molecular weight is 314 g/mol. The van der Waals surface area contributed by atoms with Crippen molar-refractivity contribution >= 4 is 10.1 Å². The van der Waals surface area contributed by atoms with Crippen LogP contribution in [0.25, 0.3) is 0 Å². The monoisotopic (exact) mass is 314 g/mol. The summed E-state index contributed by atoms with van der Waals surface area (Å²) in [5, 5.41) is 0. The van der Waals surface area contributed by atoms with Crippen LogP contribution in [0.4, 0.5) is 0 Å². The van der Waals surface area contributed by atoms with E-state index in [4.69, 9.17) is 17.4 Å². The van der Waals surface area contributed by atoms with Crippen molar-refractivity contribution in [2.45, 2.75) is 45.4 Å². The van der Waals surface area contributed by atoms with Crippen LogP contribution in [0.1, 0.15) is 45.4 Å². The van der Waals surface area contributed by atoms with Crippen LogP contribution in [0.2, 0.25) is 0 Å². The van der Waals surface area contributed by atoms with Crippen LogP contribution in [-0.4, -0.2) is 49.4 Å². The van der Waals surface area contributed by atoms with E-state index in [2.05, 4.69) is 18.8 Å². The largest absolute Gasteiger partial charge is 0.303 e. The minimum atomic E-state index is -3.88. The van der Waals surface area contributed by atoms with Crippen LogP contribution in [0.5, 0.6) is 0 Å². The van der Waals surface area contributed by atoms with Gasteiger partial charge < -0.3 is 4.48 Å². The SMILES string of the molecule is C#CC[N+](CC#C)(CCCCCC)CCCCS(=O)(=O)O. The third-order valence-corrected chi connectivity index (χ3v) is 4.43. The van der Waals surface area contributed by atoms with Crippen molar-refractivity contribution in [1.29, 1.82) is 0 Å². The quantitative estimate of drug-likeness (QED) is 0.260. The smallest absolute Gasteiger partial charge is 0.264 e. The third-order valence-electron chi connectivity index (χ3n) is 3.62. The molecule has 0 saturated heterocycles. The number of hydrogen-bond donors (Lipinski definition) is 1. The first-order valence-electron chi connectivity index (χ1n) is 7.56. The van der Waals surface area contributed by atoms with E-state index >= 15 is 0 Å². The van der Waals surface area contributed by atoms with Crippen LogP contribution in [-0.2, 0) is 10.1 Å². The molecule has 1 N–H and O–H groups in total. The standard InChI is InChI=1S/C16H27NO3S/c1-4-7-8-9-14-17(12-5-2,13-6-3)15-10-11-16-21(18,19)20/h2-3H,4,7-16H2,1H3/p+1. The van der Waals surface area contributed by atoms with E-state index in [0.29, 0.717) is 30.4 Å². The van der Waals surface area contributed by atoms with E-state index in [1.807, 2.05) is 0 Å². The lowest BCUT2D eigenvalue weighted by Gasteiger charge is -2.35. The Balaban J connectivity index is 4.48. The number of terminal acetylenes is 2. The van der Waals surface area contributed by atoms with E-state index in [1.54, 1.807) is 0 Å². The highest BCUT2D eigenvalue weighted by Crippen LogP contribution is 2.13. The molecule has 0 aromatic heterocycles. The third kappa shape index (κ3) is 10.4. The van der Waals surface area contributed by atoms with Crippen molar-refractivity contribution < 1.29 is 17.5 Å². The maximum Gasteiger partial charge on any atom is 0.264 e. The molecule has 120 valence electrons. The predicted molar refractivity (Wildman–Crippen MR) is 87.2 cm³/mol. The Bertz CT molecular complexity index is 441. The highest BCUT2D eigenvalue weighted by molar-refractivity contribution is 7.85. The summed E-state index contributed by atoms with van der Waals surface area (Å²) in [6, 6.07) is 0. The zero-order valence-electron chi connectivity index (χ0n) is 13.1. The van der Waals surface area contributed by atoms with Gasteiger partial charge in [0.15, 0.2) is 0 Å². The number of quaternary nitrogens is 1. The maximum absolute atomic E-state index is 10.7. The van der Waals surface area contributed by atoms with Gasteiger partial charge in [0, 0.05) is 0 Å². The minimum Gasteiger partial charge on any atom is -0.303 e. The van der Waals surface area contributed by atoms with Crippen LogP contribution in [0, 0.1) is 24.7 Å². The fourth-order valence-corrected chi connectivity index (χ4v) is 3.05. The van der Waals surface area contributed by atoms with E-state index in [-0.39, 0.29) is 5.75 Å². The number of rotatable bonds is 12. The second kappa shape index (κ2) is 10.7. The van der Waals surface area contributed by atoms with Crippen LogP contribution in [0.15, 0.2) is 0 Å². The van der Waals surface area contributed by atoms with Crippen LogP contribution in [0.3, 0.4) is 0 Å². The van der Waals surface area contributed by atoms with Crippen LogP contribution >= 0.6 is 0 Å². The van der Waals surface area contributed by atoms with Crippen molar-refractivity contribution in [2.24, 2.45) is 0 Å². The van der Waals surface area contributed by atoms with Crippen molar-refractivity contribution in [3.8, 4) is 24.7 Å². The summed E-state index contributed by atoms with van der Waals surface area (Å²) in [5.41, 5.74) is 0. The van der Waals surface area contributed by atoms with Crippen molar-refractivity contribution in [3.05, 3.63) is 0 Å². The Morgan fingerprint density at radius 1 is 0.952 bits per heavy atom. The summed E-state index contributed by atoms with van der Waals surface area (Å²) in [5.74, 6) is 5.20. The molecule has 0 spiro atoms. The van der Waals surface area contributed by atoms with Crippen molar-refractivity contribution in [1.82, 2.24) is 0 Å².